The minimum Gasteiger partial charge on any atom is -0.389 e. The Morgan fingerprint density at radius 3 is 2.67 bits per heavy atom. The molecule has 3 atom stereocenters. The van der Waals surface area contributed by atoms with Gasteiger partial charge in [-0.1, -0.05) is 45.7 Å². The van der Waals surface area contributed by atoms with E-state index < -0.39 is 0 Å². The molecular formula is C34H47N9OS. The van der Waals surface area contributed by atoms with Crippen LogP contribution in [0.2, 0.25) is 0 Å². The molecule has 11 heteroatoms. The zero-order chi connectivity index (χ0) is 31.7. The molecule has 0 amide bonds. The van der Waals surface area contributed by atoms with Crippen LogP contribution in [0.4, 0.5) is 10.8 Å². The first-order valence-electron chi connectivity index (χ1n) is 16.9. The van der Waals surface area contributed by atoms with Gasteiger partial charge in [-0.05, 0) is 70.9 Å². The lowest BCUT2D eigenvalue weighted by Gasteiger charge is -2.39. The van der Waals surface area contributed by atoms with Gasteiger partial charge < -0.3 is 20.1 Å². The number of fused-ring (bicyclic) bond motifs is 1. The van der Waals surface area contributed by atoms with Crippen molar-refractivity contribution >= 4 is 33.2 Å². The van der Waals surface area contributed by atoms with Crippen molar-refractivity contribution in [2.75, 3.05) is 30.8 Å². The fraction of sp³-hybridized carbons (Fsp3) is 0.618. The third-order valence-corrected chi connectivity index (χ3v) is 10.9. The molecule has 6 heterocycles. The average Bonchev–Trinajstić information content (AvgIpc) is 3.81. The number of piperidine rings is 1. The fourth-order valence-corrected chi connectivity index (χ4v) is 8.34. The van der Waals surface area contributed by atoms with E-state index in [9.17, 15) is 5.26 Å². The molecule has 0 saturated carbocycles. The van der Waals surface area contributed by atoms with Crippen molar-refractivity contribution in [2.45, 2.75) is 111 Å². The molecule has 240 valence electrons. The van der Waals surface area contributed by atoms with Gasteiger partial charge >= 0.3 is 0 Å². The minimum atomic E-state index is 0.410. The summed E-state index contributed by atoms with van der Waals surface area (Å²) >= 11 is 1.48. The molecule has 6 rings (SSSR count). The maximum absolute atomic E-state index is 10.1. The number of anilines is 2. The largest absolute Gasteiger partial charge is 0.389 e. The number of aryl methyl sites for hydroxylation is 1. The minimum absolute atomic E-state index is 0.410. The van der Waals surface area contributed by atoms with Crippen LogP contribution in [0.25, 0.3) is 33.9 Å². The maximum atomic E-state index is 10.1. The van der Waals surface area contributed by atoms with Crippen molar-refractivity contribution in [3.05, 3.63) is 22.2 Å². The first-order chi connectivity index (χ1) is 21.9. The highest BCUT2D eigenvalue weighted by Crippen LogP contribution is 2.43. The number of likely N-dealkylation sites (N-methyl/N-ethyl adjacent to an activating group) is 1. The molecule has 45 heavy (non-hydrogen) atoms. The summed E-state index contributed by atoms with van der Waals surface area (Å²) in [7, 11) is 2.20. The molecule has 0 aromatic carbocycles. The topological polar surface area (TPSA) is 126 Å². The number of nitriles is 1. The summed E-state index contributed by atoms with van der Waals surface area (Å²) in [5.41, 5.74) is 10.1. The summed E-state index contributed by atoms with van der Waals surface area (Å²) in [5, 5.41) is 21.2. The van der Waals surface area contributed by atoms with Gasteiger partial charge in [0.25, 0.3) is 0 Å². The lowest BCUT2D eigenvalue weighted by molar-refractivity contribution is 0.276. The Hall–Kier alpha value is -3.49. The van der Waals surface area contributed by atoms with Crippen LogP contribution in [-0.4, -0.2) is 62.0 Å². The van der Waals surface area contributed by atoms with Crippen LogP contribution in [0, 0.1) is 17.2 Å². The van der Waals surface area contributed by atoms with Crippen molar-refractivity contribution in [2.24, 2.45) is 5.92 Å². The molecule has 2 fully saturated rings. The Kier molecular flexibility index (Phi) is 9.43. The zero-order valence-corrected chi connectivity index (χ0v) is 28.3. The SMILES string of the molecule is CCCCc1c(-c2nc(N3CC(C)CC[C@@H]3CC)c3cnn(CC4CCCN4C)c3n2)noc1-c1c(CCC)sc(N)c1C#N. The van der Waals surface area contributed by atoms with E-state index in [-0.39, 0.29) is 0 Å². The molecule has 4 aromatic heterocycles. The predicted molar refractivity (Wildman–Crippen MR) is 181 cm³/mol. The Labute approximate surface area is 270 Å². The van der Waals surface area contributed by atoms with E-state index in [0.29, 0.717) is 45.8 Å². The Morgan fingerprint density at radius 1 is 1.11 bits per heavy atom. The quantitative estimate of drug-likeness (QED) is 0.185. The number of unbranched alkanes of at least 4 members (excludes halogenated alkanes) is 1. The molecule has 10 nitrogen and oxygen atoms in total. The highest BCUT2D eigenvalue weighted by molar-refractivity contribution is 7.16. The number of hydrogen-bond donors (Lipinski definition) is 1. The first kappa shape index (κ1) is 31.5. The number of nitrogens with zero attached hydrogens (tertiary/aromatic N) is 8. The number of rotatable bonds is 11. The molecule has 4 aromatic rings. The van der Waals surface area contributed by atoms with Gasteiger partial charge in [0.1, 0.15) is 16.9 Å². The van der Waals surface area contributed by atoms with E-state index in [2.05, 4.69) is 60.5 Å². The van der Waals surface area contributed by atoms with Gasteiger partial charge in [-0.2, -0.15) is 10.4 Å². The van der Waals surface area contributed by atoms with Crippen LogP contribution < -0.4 is 10.6 Å². The van der Waals surface area contributed by atoms with Gasteiger partial charge in [-0.3, -0.25) is 0 Å². The summed E-state index contributed by atoms with van der Waals surface area (Å²) in [6, 6.07) is 3.19. The average molecular weight is 630 g/mol. The first-order valence-corrected chi connectivity index (χ1v) is 17.7. The fourth-order valence-electron chi connectivity index (χ4n) is 7.22. The molecular weight excluding hydrogens is 583 g/mol. The molecule has 2 saturated heterocycles. The van der Waals surface area contributed by atoms with Gasteiger partial charge in [-0.25, -0.2) is 14.6 Å². The van der Waals surface area contributed by atoms with Crippen molar-refractivity contribution in [1.82, 2.24) is 29.8 Å². The molecule has 0 aliphatic carbocycles. The highest BCUT2D eigenvalue weighted by Gasteiger charge is 2.32. The van der Waals surface area contributed by atoms with Gasteiger partial charge in [0.05, 0.1) is 29.3 Å². The molecule has 2 aliphatic rings. The third kappa shape index (κ3) is 5.95. The van der Waals surface area contributed by atoms with E-state index in [4.69, 9.17) is 25.3 Å². The molecule has 0 bridgehead atoms. The Bertz CT molecular complexity index is 1680. The molecule has 2 N–H and O–H groups in total. The van der Waals surface area contributed by atoms with Crippen LogP contribution in [0.3, 0.4) is 0 Å². The van der Waals surface area contributed by atoms with Crippen LogP contribution in [0.15, 0.2) is 10.7 Å². The number of hydrogen-bond acceptors (Lipinski definition) is 10. The third-order valence-electron chi connectivity index (χ3n) is 9.82. The lowest BCUT2D eigenvalue weighted by Crippen LogP contribution is -2.43. The number of likely N-dealkylation sites (tertiary alicyclic amines) is 1. The van der Waals surface area contributed by atoms with Crippen molar-refractivity contribution in [3.63, 3.8) is 0 Å². The Morgan fingerprint density at radius 2 is 1.96 bits per heavy atom. The summed E-state index contributed by atoms with van der Waals surface area (Å²) < 4.78 is 8.27. The maximum Gasteiger partial charge on any atom is 0.186 e. The second-order valence-corrected chi connectivity index (χ2v) is 14.2. The van der Waals surface area contributed by atoms with Crippen molar-refractivity contribution < 1.29 is 4.52 Å². The number of nitrogen functional groups attached to an aromatic ring is 1. The van der Waals surface area contributed by atoms with Crippen LogP contribution in [0.5, 0.6) is 0 Å². The van der Waals surface area contributed by atoms with E-state index in [1.165, 1.54) is 24.2 Å². The molecule has 0 radical (unpaired) electrons. The standard InChI is InChI=1S/C34H47N9OS/c1-6-9-13-24-29(40-44-30(24)28-25(17-35)31(36)45-27(28)11-7-2)32-38-33(42-19-21(4)14-15-22(42)8-3)26-18-37-43(34(26)39-32)20-23-12-10-16-41(23)5/h18,21-23H,6-16,19-20,36H2,1-5H3/t21?,22-,23?/m0/s1. The van der Waals surface area contributed by atoms with E-state index >= 15 is 0 Å². The molecule has 2 unspecified atom stereocenters. The van der Waals surface area contributed by atoms with Crippen LogP contribution >= 0.6 is 11.3 Å². The van der Waals surface area contributed by atoms with E-state index in [1.807, 2.05) is 6.20 Å². The second kappa shape index (κ2) is 13.5. The van der Waals surface area contributed by atoms with Crippen LogP contribution in [0.1, 0.15) is 95.1 Å². The smallest absolute Gasteiger partial charge is 0.186 e. The van der Waals surface area contributed by atoms with Gasteiger partial charge in [-0.15, -0.1) is 11.3 Å². The van der Waals surface area contributed by atoms with E-state index in [1.54, 1.807) is 0 Å². The summed E-state index contributed by atoms with van der Waals surface area (Å²) in [4.78, 5) is 16.5. The Balaban J connectivity index is 1.55. The predicted octanol–water partition coefficient (Wildman–Crippen LogP) is 7.07. The summed E-state index contributed by atoms with van der Waals surface area (Å²) in [6.07, 6.45) is 12.2. The van der Waals surface area contributed by atoms with Crippen molar-refractivity contribution in [3.8, 4) is 28.9 Å². The monoisotopic (exact) mass is 629 g/mol. The van der Waals surface area contributed by atoms with Gasteiger partial charge in [0.2, 0.25) is 0 Å². The summed E-state index contributed by atoms with van der Waals surface area (Å²) in [5.74, 6) is 2.71. The molecule has 2 aliphatic heterocycles. The second-order valence-electron chi connectivity index (χ2n) is 13.1. The van der Waals surface area contributed by atoms with Crippen LogP contribution in [-0.2, 0) is 19.4 Å². The van der Waals surface area contributed by atoms with Gasteiger partial charge in [0.15, 0.2) is 22.9 Å². The molecule has 0 spiro atoms. The highest BCUT2D eigenvalue weighted by atomic mass is 32.1. The number of aromatic nitrogens is 5. The van der Waals surface area contributed by atoms with Gasteiger partial charge in [0, 0.05) is 29.1 Å². The summed E-state index contributed by atoms with van der Waals surface area (Å²) in [6.45, 7) is 11.8. The zero-order valence-electron chi connectivity index (χ0n) is 27.5. The number of nitrogens with two attached hydrogens (primary N) is 1. The van der Waals surface area contributed by atoms with Crippen molar-refractivity contribution in [1.29, 1.82) is 5.26 Å². The normalized spacial score (nSPS) is 20.8. The number of thiophene rings is 1. The lowest BCUT2D eigenvalue weighted by atomic mass is 9.92. The van der Waals surface area contributed by atoms with E-state index in [0.717, 1.165) is 104 Å².